The number of rotatable bonds is 2. The fourth-order valence-electron chi connectivity index (χ4n) is 3.17. The molecule has 2 saturated heterocycles. The lowest BCUT2D eigenvalue weighted by Gasteiger charge is -2.31. The molecule has 8 heteroatoms. The predicted molar refractivity (Wildman–Crippen MR) is 107 cm³/mol. The molecule has 4 heterocycles. The van der Waals surface area contributed by atoms with Crippen molar-refractivity contribution in [3.63, 3.8) is 0 Å². The minimum atomic E-state index is 0. The van der Waals surface area contributed by atoms with Gasteiger partial charge in [0.25, 0.3) is 0 Å². The quantitative estimate of drug-likeness (QED) is 0.786. The summed E-state index contributed by atoms with van der Waals surface area (Å²) in [6.45, 7) is 4.24. The molecule has 0 radical (unpaired) electrons. The van der Waals surface area contributed by atoms with Crippen molar-refractivity contribution in [3.05, 3.63) is 18.3 Å². The highest BCUT2D eigenvalue weighted by molar-refractivity contribution is 7.99. The first-order chi connectivity index (χ1) is 10.9. The van der Waals surface area contributed by atoms with Crippen LogP contribution in [0.1, 0.15) is 19.3 Å². The number of fused-ring (bicyclic) bond motifs is 1. The van der Waals surface area contributed by atoms with Crippen LogP contribution >= 0.6 is 36.6 Å². The normalized spacial score (nSPS) is 18.0. The summed E-state index contributed by atoms with van der Waals surface area (Å²) in [5.41, 5.74) is 1.91. The summed E-state index contributed by atoms with van der Waals surface area (Å²) in [7, 11) is 0. The van der Waals surface area contributed by atoms with Crippen LogP contribution in [0.3, 0.4) is 0 Å². The van der Waals surface area contributed by atoms with Gasteiger partial charge in [-0.1, -0.05) is 0 Å². The van der Waals surface area contributed by atoms with Gasteiger partial charge in [-0.25, -0.2) is 4.98 Å². The van der Waals surface area contributed by atoms with Gasteiger partial charge in [-0.3, -0.25) is 4.98 Å². The molecule has 2 aromatic heterocycles. The standard InChI is InChI=1S/C16H21N5S.2ClH/c1-2-7-20(8-3-1)15-14-13(5-4-6-17-14)18-16(19-15)21-9-11-22-12-10-21;;/h4-6H,1-3,7-12H2;2*1H. The van der Waals surface area contributed by atoms with Gasteiger partial charge in [0.15, 0.2) is 5.82 Å². The maximum Gasteiger partial charge on any atom is 0.228 e. The third kappa shape index (κ3) is 3.98. The Kier molecular flexibility index (Phi) is 7.19. The maximum absolute atomic E-state index is 4.92. The molecule has 4 rings (SSSR count). The highest BCUT2D eigenvalue weighted by atomic mass is 35.5. The highest BCUT2D eigenvalue weighted by Gasteiger charge is 2.21. The van der Waals surface area contributed by atoms with Crippen LogP contribution in [0.2, 0.25) is 0 Å². The molecule has 2 aliphatic heterocycles. The van der Waals surface area contributed by atoms with Gasteiger partial charge in [0.05, 0.1) is 5.52 Å². The van der Waals surface area contributed by atoms with Crippen molar-refractivity contribution in [2.24, 2.45) is 0 Å². The van der Waals surface area contributed by atoms with E-state index in [1.165, 1.54) is 19.3 Å². The summed E-state index contributed by atoms with van der Waals surface area (Å²) in [4.78, 5) is 18.9. The van der Waals surface area contributed by atoms with Crippen LogP contribution in [-0.2, 0) is 0 Å². The molecular formula is C16H23Cl2N5S. The summed E-state index contributed by atoms with van der Waals surface area (Å²) >= 11 is 2.01. The third-order valence-electron chi connectivity index (χ3n) is 4.37. The van der Waals surface area contributed by atoms with Gasteiger partial charge in [0.1, 0.15) is 5.52 Å². The van der Waals surface area contributed by atoms with Gasteiger partial charge < -0.3 is 9.80 Å². The molecule has 2 aromatic rings. The number of anilines is 2. The van der Waals surface area contributed by atoms with Gasteiger partial charge in [0, 0.05) is 43.9 Å². The second kappa shape index (κ2) is 8.92. The smallest absolute Gasteiger partial charge is 0.228 e. The lowest BCUT2D eigenvalue weighted by molar-refractivity contribution is 0.574. The summed E-state index contributed by atoms with van der Waals surface area (Å²) in [5.74, 6) is 4.22. The molecule has 0 N–H and O–H groups in total. The third-order valence-corrected chi connectivity index (χ3v) is 5.32. The molecule has 5 nitrogen and oxygen atoms in total. The Morgan fingerprint density at radius 3 is 2.38 bits per heavy atom. The Bertz CT molecular complexity index is 660. The second-order valence-corrected chi connectivity index (χ2v) is 7.09. The number of hydrogen-bond acceptors (Lipinski definition) is 6. The van der Waals surface area contributed by atoms with Crippen LogP contribution < -0.4 is 9.80 Å². The molecule has 0 spiro atoms. The Hall–Kier alpha value is -0.980. The molecule has 2 aliphatic rings. The molecule has 2 fully saturated rings. The van der Waals surface area contributed by atoms with Crippen molar-refractivity contribution < 1.29 is 0 Å². The first-order valence-corrected chi connectivity index (χ1v) is 9.28. The molecule has 0 atom stereocenters. The van der Waals surface area contributed by atoms with Crippen molar-refractivity contribution in [1.82, 2.24) is 15.0 Å². The van der Waals surface area contributed by atoms with Crippen LogP contribution in [0.15, 0.2) is 18.3 Å². The summed E-state index contributed by atoms with van der Waals surface area (Å²) in [6.07, 6.45) is 5.65. The first kappa shape index (κ1) is 19.3. The molecule has 0 aliphatic carbocycles. The van der Waals surface area contributed by atoms with E-state index in [4.69, 9.17) is 9.97 Å². The zero-order valence-electron chi connectivity index (χ0n) is 13.6. The van der Waals surface area contributed by atoms with Crippen LogP contribution in [0.5, 0.6) is 0 Å². The number of nitrogens with zero attached hydrogens (tertiary/aromatic N) is 5. The second-order valence-electron chi connectivity index (χ2n) is 5.87. The van der Waals surface area contributed by atoms with Gasteiger partial charge in [0.2, 0.25) is 5.95 Å². The van der Waals surface area contributed by atoms with E-state index in [9.17, 15) is 0 Å². The molecule has 0 unspecified atom stereocenters. The molecule has 0 aromatic carbocycles. The number of thioether (sulfide) groups is 1. The molecule has 0 bridgehead atoms. The lowest BCUT2D eigenvalue weighted by Crippen LogP contribution is -2.35. The van der Waals surface area contributed by atoms with Gasteiger partial charge in [-0.15, -0.1) is 24.8 Å². The zero-order chi connectivity index (χ0) is 14.8. The minimum absolute atomic E-state index is 0. The van der Waals surface area contributed by atoms with E-state index < -0.39 is 0 Å². The fourth-order valence-corrected chi connectivity index (χ4v) is 4.07. The van der Waals surface area contributed by atoms with Crippen molar-refractivity contribution in [1.29, 1.82) is 0 Å². The fraction of sp³-hybridized carbons (Fsp3) is 0.562. The molecule has 132 valence electrons. The summed E-state index contributed by atoms with van der Waals surface area (Å²) in [6, 6.07) is 4.02. The van der Waals surface area contributed by atoms with Gasteiger partial charge >= 0.3 is 0 Å². The average molecular weight is 388 g/mol. The Morgan fingerprint density at radius 2 is 1.62 bits per heavy atom. The van der Waals surface area contributed by atoms with Crippen molar-refractivity contribution in [2.45, 2.75) is 19.3 Å². The largest absolute Gasteiger partial charge is 0.355 e. The predicted octanol–water partition coefficient (Wildman–Crippen LogP) is 3.41. The number of piperidine rings is 1. The van der Waals surface area contributed by atoms with Gasteiger partial charge in [-0.05, 0) is 31.4 Å². The monoisotopic (exact) mass is 387 g/mol. The van der Waals surface area contributed by atoms with Gasteiger partial charge in [-0.2, -0.15) is 16.7 Å². The minimum Gasteiger partial charge on any atom is -0.355 e. The lowest BCUT2D eigenvalue weighted by atomic mass is 10.1. The van der Waals surface area contributed by atoms with Crippen molar-refractivity contribution >= 4 is 59.4 Å². The first-order valence-electron chi connectivity index (χ1n) is 8.12. The van der Waals surface area contributed by atoms with E-state index in [-0.39, 0.29) is 24.8 Å². The highest BCUT2D eigenvalue weighted by Crippen LogP contribution is 2.28. The maximum atomic E-state index is 4.92. The topological polar surface area (TPSA) is 45.2 Å². The van der Waals surface area contributed by atoms with Crippen LogP contribution in [-0.4, -0.2) is 52.6 Å². The zero-order valence-corrected chi connectivity index (χ0v) is 16.0. The van der Waals surface area contributed by atoms with Crippen LogP contribution in [0.25, 0.3) is 11.0 Å². The summed E-state index contributed by atoms with van der Waals surface area (Å²) in [5, 5.41) is 0. The molecule has 24 heavy (non-hydrogen) atoms. The SMILES string of the molecule is Cl.Cl.c1cnc2c(N3CCCCC3)nc(N3CCSCC3)nc2c1. The molecule has 0 saturated carbocycles. The van der Waals surface area contributed by atoms with Crippen LogP contribution in [0, 0.1) is 0 Å². The van der Waals surface area contributed by atoms with Crippen LogP contribution in [0.4, 0.5) is 11.8 Å². The number of pyridine rings is 1. The number of halogens is 2. The Morgan fingerprint density at radius 1 is 0.875 bits per heavy atom. The Balaban J connectivity index is 0.00000104. The van der Waals surface area contributed by atoms with E-state index in [0.29, 0.717) is 0 Å². The van der Waals surface area contributed by atoms with E-state index in [0.717, 1.165) is 60.5 Å². The molecule has 0 amide bonds. The number of hydrogen-bond donors (Lipinski definition) is 0. The van der Waals surface area contributed by atoms with E-state index in [1.54, 1.807) is 0 Å². The Labute approximate surface area is 159 Å². The average Bonchev–Trinajstić information content (AvgIpc) is 2.62. The van der Waals surface area contributed by atoms with Crippen molar-refractivity contribution in [2.75, 3.05) is 47.5 Å². The van der Waals surface area contributed by atoms with Crippen molar-refractivity contribution in [3.8, 4) is 0 Å². The molecular weight excluding hydrogens is 365 g/mol. The number of aromatic nitrogens is 3. The van der Waals surface area contributed by atoms with E-state index in [1.807, 2.05) is 24.0 Å². The van der Waals surface area contributed by atoms with E-state index >= 15 is 0 Å². The van der Waals surface area contributed by atoms with E-state index in [2.05, 4.69) is 20.9 Å². The summed E-state index contributed by atoms with van der Waals surface area (Å²) < 4.78 is 0.